The van der Waals surface area contributed by atoms with E-state index in [1.807, 2.05) is 18.2 Å². The molecule has 1 atom stereocenters. The number of nitrogens with two attached hydrogens (primary N) is 1. The van der Waals surface area contributed by atoms with Gasteiger partial charge in [0.05, 0.1) is 0 Å². The van der Waals surface area contributed by atoms with Crippen molar-refractivity contribution in [3.05, 3.63) is 56.7 Å². The molecule has 1 heterocycles. The number of hydrogen-bond donors (Lipinski definition) is 1. The van der Waals surface area contributed by atoms with Crippen LogP contribution in [-0.4, -0.2) is 0 Å². The fourth-order valence-electron chi connectivity index (χ4n) is 1.69. The molecule has 0 aliphatic heterocycles. The highest BCUT2D eigenvalue weighted by Crippen LogP contribution is 2.24. The summed E-state index contributed by atoms with van der Waals surface area (Å²) in [4.78, 5) is 0. The number of rotatable bonds is 4. The molecule has 0 amide bonds. The van der Waals surface area contributed by atoms with Crippen molar-refractivity contribution >= 4 is 27.3 Å². The molecule has 3 heteroatoms. The lowest BCUT2D eigenvalue weighted by atomic mass is 10.0. The smallest absolute Gasteiger partial charge is 0.0309 e. The van der Waals surface area contributed by atoms with Gasteiger partial charge in [-0.25, -0.2) is 0 Å². The van der Waals surface area contributed by atoms with Gasteiger partial charge in [0.1, 0.15) is 0 Å². The summed E-state index contributed by atoms with van der Waals surface area (Å²) in [6.45, 7) is 0. The zero-order valence-electron chi connectivity index (χ0n) is 8.90. The Morgan fingerprint density at radius 3 is 2.75 bits per heavy atom. The van der Waals surface area contributed by atoms with E-state index in [-0.39, 0.29) is 6.04 Å². The van der Waals surface area contributed by atoms with Gasteiger partial charge in [-0.05, 0) is 46.9 Å². The Hall–Kier alpha value is -0.640. The van der Waals surface area contributed by atoms with Crippen LogP contribution in [-0.2, 0) is 6.42 Å². The van der Waals surface area contributed by atoms with E-state index in [4.69, 9.17) is 5.73 Å². The number of halogens is 1. The molecule has 2 aromatic rings. The number of thiophene rings is 1. The molecule has 16 heavy (non-hydrogen) atoms. The fraction of sp³-hybridized carbons (Fsp3) is 0.231. The lowest BCUT2D eigenvalue weighted by molar-refractivity contribution is 0.650. The summed E-state index contributed by atoms with van der Waals surface area (Å²) in [5, 5.41) is 4.30. The van der Waals surface area contributed by atoms with Gasteiger partial charge < -0.3 is 5.73 Å². The summed E-state index contributed by atoms with van der Waals surface area (Å²) in [5.41, 5.74) is 8.76. The highest BCUT2D eigenvalue weighted by Gasteiger charge is 2.09. The van der Waals surface area contributed by atoms with Gasteiger partial charge in [0.25, 0.3) is 0 Å². The summed E-state index contributed by atoms with van der Waals surface area (Å²) < 4.78 is 1.10. The maximum absolute atomic E-state index is 6.19. The van der Waals surface area contributed by atoms with Gasteiger partial charge in [-0.15, -0.1) is 0 Å². The molecule has 1 aromatic heterocycles. The normalized spacial score (nSPS) is 12.6. The summed E-state index contributed by atoms with van der Waals surface area (Å²) in [6.07, 6.45) is 2.03. The monoisotopic (exact) mass is 295 g/mol. The Kier molecular flexibility index (Phi) is 4.16. The maximum Gasteiger partial charge on any atom is 0.0309 e. The van der Waals surface area contributed by atoms with Crippen molar-refractivity contribution in [3.63, 3.8) is 0 Å². The second-order valence-electron chi connectivity index (χ2n) is 3.80. The van der Waals surface area contributed by atoms with Crippen molar-refractivity contribution in [3.8, 4) is 0 Å². The van der Waals surface area contributed by atoms with E-state index in [2.05, 4.69) is 38.8 Å². The predicted octanol–water partition coefficient (Wildman–Crippen LogP) is 4.14. The van der Waals surface area contributed by atoms with E-state index in [0.717, 1.165) is 17.3 Å². The summed E-state index contributed by atoms with van der Waals surface area (Å²) in [7, 11) is 0. The van der Waals surface area contributed by atoms with Crippen LogP contribution >= 0.6 is 27.3 Å². The van der Waals surface area contributed by atoms with Crippen LogP contribution < -0.4 is 5.73 Å². The van der Waals surface area contributed by atoms with Crippen molar-refractivity contribution in [2.75, 3.05) is 0 Å². The van der Waals surface area contributed by atoms with Crippen LogP contribution in [0.3, 0.4) is 0 Å². The molecule has 1 aromatic carbocycles. The SMILES string of the molecule is NC(CCc1ccsc1)c1ccccc1Br. The van der Waals surface area contributed by atoms with Gasteiger partial charge in [-0.3, -0.25) is 0 Å². The van der Waals surface area contributed by atoms with Gasteiger partial charge in [0.15, 0.2) is 0 Å². The first-order valence-corrected chi connectivity index (χ1v) is 7.02. The third-order valence-corrected chi connectivity index (χ3v) is 4.08. The molecule has 0 aliphatic rings. The van der Waals surface area contributed by atoms with Gasteiger partial charge in [-0.2, -0.15) is 11.3 Å². The van der Waals surface area contributed by atoms with Crippen LogP contribution in [0.15, 0.2) is 45.6 Å². The van der Waals surface area contributed by atoms with Gasteiger partial charge in [-0.1, -0.05) is 34.1 Å². The largest absolute Gasteiger partial charge is 0.324 e. The first kappa shape index (κ1) is 11.8. The zero-order valence-corrected chi connectivity index (χ0v) is 11.3. The molecule has 1 nitrogen and oxygen atoms in total. The first-order valence-electron chi connectivity index (χ1n) is 5.28. The Labute approximate surface area is 108 Å². The molecular formula is C13H14BrNS. The molecule has 0 radical (unpaired) electrons. The van der Waals surface area contributed by atoms with Crippen molar-refractivity contribution in [1.82, 2.24) is 0 Å². The molecule has 0 fully saturated rings. The van der Waals surface area contributed by atoms with Crippen LogP contribution in [0.2, 0.25) is 0 Å². The summed E-state index contributed by atoms with van der Waals surface area (Å²) in [5.74, 6) is 0. The zero-order chi connectivity index (χ0) is 11.4. The Morgan fingerprint density at radius 2 is 2.06 bits per heavy atom. The fourth-order valence-corrected chi connectivity index (χ4v) is 2.97. The third kappa shape index (κ3) is 2.94. The van der Waals surface area contributed by atoms with Crippen LogP contribution in [0, 0.1) is 0 Å². The number of hydrogen-bond acceptors (Lipinski definition) is 2. The minimum absolute atomic E-state index is 0.107. The topological polar surface area (TPSA) is 26.0 Å². The molecule has 1 unspecified atom stereocenters. The van der Waals surface area contributed by atoms with E-state index in [1.165, 1.54) is 11.1 Å². The van der Waals surface area contributed by atoms with Crippen LogP contribution in [0.1, 0.15) is 23.6 Å². The van der Waals surface area contributed by atoms with E-state index in [1.54, 1.807) is 11.3 Å². The molecule has 0 aliphatic carbocycles. The average Bonchev–Trinajstić information content (AvgIpc) is 2.79. The number of benzene rings is 1. The predicted molar refractivity (Wildman–Crippen MR) is 73.7 cm³/mol. The minimum Gasteiger partial charge on any atom is -0.324 e. The van der Waals surface area contributed by atoms with Crippen molar-refractivity contribution in [2.24, 2.45) is 5.73 Å². The van der Waals surface area contributed by atoms with Gasteiger partial charge >= 0.3 is 0 Å². The van der Waals surface area contributed by atoms with Gasteiger partial charge in [0.2, 0.25) is 0 Å². The van der Waals surface area contributed by atoms with Crippen molar-refractivity contribution in [1.29, 1.82) is 0 Å². The molecule has 2 N–H and O–H groups in total. The molecular weight excluding hydrogens is 282 g/mol. The minimum atomic E-state index is 0.107. The lowest BCUT2D eigenvalue weighted by Crippen LogP contribution is -2.11. The van der Waals surface area contributed by atoms with Crippen LogP contribution in [0.25, 0.3) is 0 Å². The summed E-state index contributed by atoms with van der Waals surface area (Å²) in [6, 6.07) is 10.4. The second kappa shape index (κ2) is 5.62. The van der Waals surface area contributed by atoms with Crippen LogP contribution in [0.4, 0.5) is 0 Å². The second-order valence-corrected chi connectivity index (χ2v) is 5.43. The average molecular weight is 296 g/mol. The Balaban J connectivity index is 1.98. The highest BCUT2D eigenvalue weighted by molar-refractivity contribution is 9.10. The third-order valence-electron chi connectivity index (χ3n) is 2.63. The molecule has 2 rings (SSSR count). The summed E-state index contributed by atoms with van der Waals surface area (Å²) >= 11 is 5.28. The first-order chi connectivity index (χ1) is 7.77. The van der Waals surface area contributed by atoms with E-state index < -0.39 is 0 Å². The molecule has 0 spiro atoms. The van der Waals surface area contributed by atoms with E-state index >= 15 is 0 Å². The standard InChI is InChI=1S/C13H14BrNS/c14-12-4-2-1-3-11(12)13(15)6-5-10-7-8-16-9-10/h1-4,7-9,13H,5-6,15H2. The van der Waals surface area contributed by atoms with Crippen molar-refractivity contribution < 1.29 is 0 Å². The molecule has 0 saturated heterocycles. The van der Waals surface area contributed by atoms with Crippen LogP contribution in [0.5, 0.6) is 0 Å². The Morgan fingerprint density at radius 1 is 1.25 bits per heavy atom. The van der Waals surface area contributed by atoms with E-state index in [0.29, 0.717) is 0 Å². The Bertz CT molecular complexity index is 439. The highest BCUT2D eigenvalue weighted by atomic mass is 79.9. The van der Waals surface area contributed by atoms with Crippen molar-refractivity contribution in [2.45, 2.75) is 18.9 Å². The molecule has 84 valence electrons. The van der Waals surface area contributed by atoms with Gasteiger partial charge in [0, 0.05) is 10.5 Å². The lowest BCUT2D eigenvalue weighted by Gasteiger charge is -2.13. The van der Waals surface area contributed by atoms with E-state index in [9.17, 15) is 0 Å². The number of aryl methyl sites for hydroxylation is 1. The molecule has 0 bridgehead atoms. The maximum atomic E-state index is 6.19. The quantitative estimate of drug-likeness (QED) is 0.901. The molecule has 0 saturated carbocycles.